The van der Waals surface area contributed by atoms with Gasteiger partial charge >= 0.3 is 5.97 Å². The van der Waals surface area contributed by atoms with Crippen LogP contribution >= 0.6 is 0 Å². The molecule has 0 bridgehead atoms. The zero-order valence-corrected chi connectivity index (χ0v) is 13.2. The fraction of sp³-hybridized carbons (Fsp3) is 0.467. The summed E-state index contributed by atoms with van der Waals surface area (Å²) >= 11 is 0. The predicted molar refractivity (Wildman–Crippen MR) is 85.3 cm³/mol. The Morgan fingerprint density at radius 1 is 1.33 bits per heavy atom. The Morgan fingerprint density at radius 2 is 1.90 bits per heavy atom. The molecule has 5 N–H and O–H groups in total. The lowest BCUT2D eigenvalue weighted by molar-refractivity contribution is -0.141. The quantitative estimate of drug-likeness (QED) is 0.243. The second-order valence-corrected chi connectivity index (χ2v) is 4.41. The van der Waals surface area contributed by atoms with E-state index in [-0.39, 0.29) is 11.9 Å². The number of benzene rings is 1. The average molecular weight is 294 g/mol. The van der Waals surface area contributed by atoms with Crippen LogP contribution in [-0.4, -0.2) is 18.9 Å². The molecule has 0 radical (unpaired) electrons. The SMILES string of the molecule is CC.COC(=O)CC(C)Cc1ccc(/C(N)=N/NN)cc1. The molecule has 0 aliphatic carbocycles. The highest BCUT2D eigenvalue weighted by Crippen LogP contribution is 2.13. The van der Waals surface area contributed by atoms with Crippen LogP contribution in [0.15, 0.2) is 29.4 Å². The zero-order chi connectivity index (χ0) is 16.3. The van der Waals surface area contributed by atoms with Gasteiger partial charge in [-0.1, -0.05) is 45.0 Å². The summed E-state index contributed by atoms with van der Waals surface area (Å²) in [6, 6.07) is 7.66. The summed E-state index contributed by atoms with van der Waals surface area (Å²) in [5.74, 6) is 5.44. The predicted octanol–water partition coefficient (Wildman–Crippen LogP) is 1.54. The maximum absolute atomic E-state index is 11.2. The Balaban J connectivity index is 0.00000191. The van der Waals surface area contributed by atoms with Gasteiger partial charge < -0.3 is 10.5 Å². The number of nitrogens with two attached hydrogens (primary N) is 2. The number of carbonyl (C=O) groups is 1. The number of hydrazine groups is 1. The van der Waals surface area contributed by atoms with Crippen LogP contribution in [-0.2, 0) is 16.0 Å². The molecule has 1 aromatic carbocycles. The van der Waals surface area contributed by atoms with E-state index in [0.29, 0.717) is 12.3 Å². The Kier molecular flexibility index (Phi) is 9.62. The highest BCUT2D eigenvalue weighted by atomic mass is 16.5. The molecular formula is C15H26N4O2. The molecular weight excluding hydrogens is 268 g/mol. The van der Waals surface area contributed by atoms with Gasteiger partial charge in [-0.05, 0) is 17.9 Å². The van der Waals surface area contributed by atoms with Crippen molar-refractivity contribution < 1.29 is 9.53 Å². The van der Waals surface area contributed by atoms with E-state index in [9.17, 15) is 4.79 Å². The summed E-state index contributed by atoms with van der Waals surface area (Å²) in [6.07, 6.45) is 1.22. The lowest BCUT2D eigenvalue weighted by atomic mass is 9.97. The number of carbonyl (C=O) groups excluding carboxylic acids is 1. The van der Waals surface area contributed by atoms with Crippen molar-refractivity contribution in [2.24, 2.45) is 22.6 Å². The highest BCUT2D eigenvalue weighted by Gasteiger charge is 2.10. The van der Waals surface area contributed by atoms with Crippen molar-refractivity contribution in [3.63, 3.8) is 0 Å². The third-order valence-corrected chi connectivity index (χ3v) is 2.76. The minimum absolute atomic E-state index is 0.186. The number of nitrogens with zero attached hydrogens (tertiary/aromatic N) is 1. The number of esters is 1. The normalized spacial score (nSPS) is 12.0. The third-order valence-electron chi connectivity index (χ3n) is 2.76. The summed E-state index contributed by atoms with van der Waals surface area (Å²) in [4.78, 5) is 11.2. The summed E-state index contributed by atoms with van der Waals surface area (Å²) in [5, 5.41) is 3.70. The maximum Gasteiger partial charge on any atom is 0.305 e. The van der Waals surface area contributed by atoms with Gasteiger partial charge in [-0.2, -0.15) is 0 Å². The van der Waals surface area contributed by atoms with Crippen LogP contribution in [0.5, 0.6) is 0 Å². The van der Waals surface area contributed by atoms with Gasteiger partial charge in [0.15, 0.2) is 5.84 Å². The lowest BCUT2D eigenvalue weighted by Crippen LogP contribution is -2.22. The molecule has 21 heavy (non-hydrogen) atoms. The molecule has 0 saturated heterocycles. The fourth-order valence-electron chi connectivity index (χ4n) is 1.79. The van der Waals surface area contributed by atoms with Crippen LogP contribution in [0.25, 0.3) is 0 Å². The van der Waals surface area contributed by atoms with Crippen molar-refractivity contribution in [3.05, 3.63) is 35.4 Å². The van der Waals surface area contributed by atoms with Crippen LogP contribution in [0.2, 0.25) is 0 Å². The van der Waals surface area contributed by atoms with Gasteiger partial charge in [-0.25, -0.2) is 11.4 Å². The Bertz CT molecular complexity index is 443. The second kappa shape index (κ2) is 10.7. The second-order valence-electron chi connectivity index (χ2n) is 4.41. The van der Waals surface area contributed by atoms with E-state index in [2.05, 4.69) is 15.4 Å². The number of hydrogen-bond acceptors (Lipinski definition) is 5. The van der Waals surface area contributed by atoms with E-state index < -0.39 is 0 Å². The molecule has 1 unspecified atom stereocenters. The molecule has 0 heterocycles. The first-order valence-electron chi connectivity index (χ1n) is 7.01. The van der Waals surface area contributed by atoms with Crippen molar-refractivity contribution >= 4 is 11.8 Å². The van der Waals surface area contributed by atoms with Crippen molar-refractivity contribution in [1.82, 2.24) is 5.53 Å². The van der Waals surface area contributed by atoms with E-state index in [1.807, 2.05) is 45.0 Å². The average Bonchev–Trinajstić information content (AvgIpc) is 2.50. The van der Waals surface area contributed by atoms with Crippen LogP contribution in [0.3, 0.4) is 0 Å². The molecule has 1 atom stereocenters. The van der Waals surface area contributed by atoms with E-state index in [0.717, 1.165) is 17.5 Å². The largest absolute Gasteiger partial charge is 0.469 e. The van der Waals surface area contributed by atoms with Crippen LogP contribution < -0.4 is 17.1 Å². The zero-order valence-electron chi connectivity index (χ0n) is 13.2. The van der Waals surface area contributed by atoms with Crippen molar-refractivity contribution in [2.45, 2.75) is 33.6 Å². The van der Waals surface area contributed by atoms with E-state index in [4.69, 9.17) is 11.6 Å². The first-order valence-corrected chi connectivity index (χ1v) is 7.01. The number of nitrogens with one attached hydrogen (secondary N) is 1. The Morgan fingerprint density at radius 3 is 2.38 bits per heavy atom. The summed E-state index contributed by atoms with van der Waals surface area (Å²) in [6.45, 7) is 6.01. The molecule has 0 aliphatic heterocycles. The van der Waals surface area contributed by atoms with E-state index >= 15 is 0 Å². The lowest BCUT2D eigenvalue weighted by Gasteiger charge is -2.10. The number of ether oxygens (including phenoxy) is 1. The van der Waals surface area contributed by atoms with E-state index in [1.54, 1.807) is 0 Å². The standard InChI is InChI=1S/C13H20N4O2.C2H6/c1-9(8-12(18)19-2)7-10-3-5-11(6-4-10)13(14)16-17-15;1-2/h3-6,9,17H,7-8,15H2,1-2H3,(H2,14,16);1-2H3. The monoisotopic (exact) mass is 294 g/mol. The fourth-order valence-corrected chi connectivity index (χ4v) is 1.79. The molecule has 0 aromatic heterocycles. The third kappa shape index (κ3) is 7.31. The number of hydrazone groups is 1. The van der Waals surface area contributed by atoms with Gasteiger partial charge in [-0.3, -0.25) is 4.79 Å². The van der Waals surface area contributed by atoms with E-state index in [1.165, 1.54) is 7.11 Å². The van der Waals surface area contributed by atoms with Crippen molar-refractivity contribution in [1.29, 1.82) is 0 Å². The molecule has 0 amide bonds. The molecule has 6 heteroatoms. The molecule has 1 rings (SSSR count). The van der Waals surface area contributed by atoms with Gasteiger partial charge in [0.05, 0.1) is 7.11 Å². The Labute approximate surface area is 126 Å². The number of methoxy groups -OCH3 is 1. The minimum Gasteiger partial charge on any atom is -0.469 e. The molecule has 0 spiro atoms. The smallest absolute Gasteiger partial charge is 0.305 e. The molecule has 1 aromatic rings. The van der Waals surface area contributed by atoms with Gasteiger partial charge in [-0.15, -0.1) is 5.10 Å². The molecule has 118 valence electrons. The number of hydrogen-bond donors (Lipinski definition) is 3. The first kappa shape index (κ1) is 18.9. The topological polar surface area (TPSA) is 103 Å². The molecule has 6 nitrogen and oxygen atoms in total. The summed E-state index contributed by atoms with van der Waals surface area (Å²) in [7, 11) is 1.40. The highest BCUT2D eigenvalue weighted by molar-refractivity contribution is 5.97. The van der Waals surface area contributed by atoms with Gasteiger partial charge in [0.25, 0.3) is 0 Å². The Hall–Kier alpha value is -2.08. The number of amidine groups is 1. The molecule has 0 saturated carbocycles. The maximum atomic E-state index is 11.2. The van der Waals surface area contributed by atoms with Gasteiger partial charge in [0, 0.05) is 12.0 Å². The minimum atomic E-state index is -0.186. The van der Waals surface area contributed by atoms with Gasteiger partial charge in [0.1, 0.15) is 0 Å². The summed E-state index contributed by atoms with van der Waals surface area (Å²) < 4.78 is 4.65. The van der Waals surface area contributed by atoms with Gasteiger partial charge in [0.2, 0.25) is 0 Å². The summed E-state index contributed by atoms with van der Waals surface area (Å²) in [5.41, 5.74) is 9.77. The van der Waals surface area contributed by atoms with Crippen molar-refractivity contribution in [2.75, 3.05) is 7.11 Å². The van der Waals surface area contributed by atoms with Crippen LogP contribution in [0.1, 0.15) is 38.3 Å². The van der Waals surface area contributed by atoms with Crippen LogP contribution in [0, 0.1) is 5.92 Å². The van der Waals surface area contributed by atoms with Crippen LogP contribution in [0.4, 0.5) is 0 Å². The molecule has 0 aliphatic rings. The van der Waals surface area contributed by atoms with Crippen molar-refractivity contribution in [3.8, 4) is 0 Å². The number of rotatable bonds is 6. The first-order chi connectivity index (χ1) is 10.1. The molecule has 0 fully saturated rings.